The fourth-order valence-corrected chi connectivity index (χ4v) is 1.47. The number of nitrogens with zero attached hydrogens (tertiary/aromatic N) is 1. The number of nitrogens with one attached hydrogen (secondary N) is 1. The number of rotatable bonds is 6. The van der Waals surface area contributed by atoms with Crippen LogP contribution in [0.2, 0.25) is 0 Å². The van der Waals surface area contributed by atoms with Crippen molar-refractivity contribution in [1.82, 2.24) is 10.3 Å². The molecule has 0 aliphatic carbocycles. The molecule has 0 amide bonds. The molecule has 0 radical (unpaired) electrons. The van der Waals surface area contributed by atoms with E-state index in [9.17, 15) is 0 Å². The number of pyridine rings is 1. The van der Waals surface area contributed by atoms with Crippen LogP contribution in [0.1, 0.15) is 24.9 Å². The first-order chi connectivity index (χ1) is 7.29. The first-order valence-corrected chi connectivity index (χ1v) is 5.22. The molecular weight excluding hydrogens is 190 g/mol. The minimum atomic E-state index is 0.128. The van der Waals surface area contributed by atoms with Crippen molar-refractivity contribution in [2.45, 2.75) is 19.4 Å². The van der Waals surface area contributed by atoms with Gasteiger partial charge in [0, 0.05) is 18.9 Å². The van der Waals surface area contributed by atoms with Crippen LogP contribution in [0, 0.1) is 0 Å². The van der Waals surface area contributed by atoms with Crippen molar-refractivity contribution in [3.05, 3.63) is 23.9 Å². The number of nitrogen functional groups attached to an aromatic ring is 1. The van der Waals surface area contributed by atoms with Gasteiger partial charge in [-0.15, -0.1) is 0 Å². The first-order valence-electron chi connectivity index (χ1n) is 5.22. The standard InChI is InChI=1S/C11H19N3O/c1-3-6-13-10(8-15-2)9-5-4-7-14-11(9)12/h4-5,7,10,13H,3,6,8H2,1-2H3,(H2,12,14). The average Bonchev–Trinajstić information content (AvgIpc) is 2.25. The summed E-state index contributed by atoms with van der Waals surface area (Å²) >= 11 is 0. The van der Waals surface area contributed by atoms with Crippen molar-refractivity contribution >= 4 is 5.82 Å². The highest BCUT2D eigenvalue weighted by atomic mass is 16.5. The van der Waals surface area contributed by atoms with E-state index >= 15 is 0 Å². The van der Waals surface area contributed by atoms with Crippen LogP contribution in [0.5, 0.6) is 0 Å². The smallest absolute Gasteiger partial charge is 0.128 e. The minimum absolute atomic E-state index is 0.128. The third kappa shape index (κ3) is 3.49. The molecular formula is C11H19N3O. The third-order valence-corrected chi connectivity index (χ3v) is 2.22. The van der Waals surface area contributed by atoms with Crippen LogP contribution in [0.25, 0.3) is 0 Å². The topological polar surface area (TPSA) is 60.2 Å². The molecule has 0 fully saturated rings. The Hall–Kier alpha value is -1.13. The highest BCUT2D eigenvalue weighted by Gasteiger charge is 2.13. The molecule has 0 aromatic carbocycles. The van der Waals surface area contributed by atoms with Gasteiger partial charge in [0.15, 0.2) is 0 Å². The molecule has 0 spiro atoms. The molecule has 0 saturated carbocycles. The van der Waals surface area contributed by atoms with Crippen molar-refractivity contribution in [2.24, 2.45) is 0 Å². The van der Waals surface area contributed by atoms with E-state index in [0.717, 1.165) is 18.5 Å². The molecule has 1 aromatic rings. The zero-order valence-corrected chi connectivity index (χ0v) is 9.36. The molecule has 1 unspecified atom stereocenters. The van der Waals surface area contributed by atoms with Gasteiger partial charge in [0.2, 0.25) is 0 Å². The molecule has 0 saturated heterocycles. The summed E-state index contributed by atoms with van der Waals surface area (Å²) in [4.78, 5) is 4.07. The summed E-state index contributed by atoms with van der Waals surface area (Å²) in [5, 5.41) is 3.38. The second-order valence-corrected chi connectivity index (χ2v) is 3.44. The van der Waals surface area contributed by atoms with Gasteiger partial charge >= 0.3 is 0 Å². The number of hydrogen-bond donors (Lipinski definition) is 2. The van der Waals surface area contributed by atoms with Crippen LogP contribution in [0.3, 0.4) is 0 Å². The van der Waals surface area contributed by atoms with Gasteiger partial charge in [-0.3, -0.25) is 0 Å². The zero-order chi connectivity index (χ0) is 11.1. The molecule has 1 aromatic heterocycles. The molecule has 3 N–H and O–H groups in total. The van der Waals surface area contributed by atoms with Crippen molar-refractivity contribution in [3.63, 3.8) is 0 Å². The van der Waals surface area contributed by atoms with Crippen molar-refractivity contribution in [2.75, 3.05) is 26.0 Å². The van der Waals surface area contributed by atoms with Crippen LogP contribution >= 0.6 is 0 Å². The van der Waals surface area contributed by atoms with Crippen LogP contribution in [0.4, 0.5) is 5.82 Å². The molecule has 1 heterocycles. The SMILES string of the molecule is CCCNC(COC)c1cccnc1N. The van der Waals surface area contributed by atoms with E-state index in [1.807, 2.05) is 12.1 Å². The number of hydrogen-bond acceptors (Lipinski definition) is 4. The van der Waals surface area contributed by atoms with Gasteiger partial charge in [-0.1, -0.05) is 13.0 Å². The lowest BCUT2D eigenvalue weighted by Gasteiger charge is -2.18. The zero-order valence-electron chi connectivity index (χ0n) is 9.36. The van der Waals surface area contributed by atoms with E-state index < -0.39 is 0 Å². The van der Waals surface area contributed by atoms with Gasteiger partial charge in [0.1, 0.15) is 5.82 Å². The van der Waals surface area contributed by atoms with Crippen LogP contribution in [0.15, 0.2) is 18.3 Å². The maximum absolute atomic E-state index is 5.82. The highest BCUT2D eigenvalue weighted by molar-refractivity contribution is 5.40. The van der Waals surface area contributed by atoms with E-state index in [1.165, 1.54) is 0 Å². The van der Waals surface area contributed by atoms with Gasteiger partial charge in [-0.2, -0.15) is 0 Å². The summed E-state index contributed by atoms with van der Waals surface area (Å²) in [5.41, 5.74) is 6.82. The maximum Gasteiger partial charge on any atom is 0.128 e. The van der Waals surface area contributed by atoms with E-state index in [2.05, 4.69) is 17.2 Å². The summed E-state index contributed by atoms with van der Waals surface area (Å²) in [7, 11) is 1.69. The van der Waals surface area contributed by atoms with Crippen molar-refractivity contribution in [1.29, 1.82) is 0 Å². The molecule has 15 heavy (non-hydrogen) atoms. The predicted octanol–water partition coefficient (Wildman–Crippen LogP) is 1.35. The quantitative estimate of drug-likeness (QED) is 0.742. The lowest BCUT2D eigenvalue weighted by Crippen LogP contribution is -2.26. The van der Waals surface area contributed by atoms with Crippen LogP contribution < -0.4 is 11.1 Å². The summed E-state index contributed by atoms with van der Waals surface area (Å²) in [6, 6.07) is 4.00. The Morgan fingerprint density at radius 2 is 2.40 bits per heavy atom. The lowest BCUT2D eigenvalue weighted by atomic mass is 10.1. The molecule has 1 rings (SSSR count). The Bertz CT molecular complexity index is 291. The fourth-order valence-electron chi connectivity index (χ4n) is 1.47. The molecule has 84 valence electrons. The number of ether oxygens (including phenoxy) is 1. The predicted molar refractivity (Wildman–Crippen MR) is 61.6 cm³/mol. The molecule has 0 aliphatic rings. The highest BCUT2D eigenvalue weighted by Crippen LogP contribution is 2.17. The molecule has 1 atom stereocenters. The van der Waals surface area contributed by atoms with Gasteiger partial charge in [0.25, 0.3) is 0 Å². The second kappa shape index (κ2) is 6.37. The Balaban J connectivity index is 2.74. The van der Waals surface area contributed by atoms with Crippen molar-refractivity contribution < 1.29 is 4.74 Å². The summed E-state index contributed by atoms with van der Waals surface area (Å²) < 4.78 is 5.16. The number of aromatic nitrogens is 1. The Kier molecular flexibility index (Phi) is 5.07. The van der Waals surface area contributed by atoms with E-state index in [4.69, 9.17) is 10.5 Å². The van der Waals surface area contributed by atoms with Gasteiger partial charge in [0.05, 0.1) is 12.6 Å². The van der Waals surface area contributed by atoms with Gasteiger partial charge in [-0.05, 0) is 19.0 Å². The Labute approximate surface area is 90.8 Å². The van der Waals surface area contributed by atoms with Gasteiger partial charge < -0.3 is 15.8 Å². The Morgan fingerprint density at radius 3 is 3.00 bits per heavy atom. The average molecular weight is 209 g/mol. The number of nitrogens with two attached hydrogens (primary N) is 1. The van der Waals surface area contributed by atoms with E-state index in [1.54, 1.807) is 13.3 Å². The maximum atomic E-state index is 5.82. The minimum Gasteiger partial charge on any atom is -0.383 e. The van der Waals surface area contributed by atoms with E-state index in [0.29, 0.717) is 12.4 Å². The summed E-state index contributed by atoms with van der Waals surface area (Å²) in [6.45, 7) is 3.68. The summed E-state index contributed by atoms with van der Waals surface area (Å²) in [6.07, 6.45) is 2.78. The lowest BCUT2D eigenvalue weighted by molar-refractivity contribution is 0.167. The largest absolute Gasteiger partial charge is 0.383 e. The third-order valence-electron chi connectivity index (χ3n) is 2.22. The Morgan fingerprint density at radius 1 is 1.60 bits per heavy atom. The van der Waals surface area contributed by atoms with E-state index in [-0.39, 0.29) is 6.04 Å². The monoisotopic (exact) mass is 209 g/mol. The molecule has 0 aliphatic heterocycles. The van der Waals surface area contributed by atoms with Gasteiger partial charge in [-0.25, -0.2) is 4.98 Å². The fraction of sp³-hybridized carbons (Fsp3) is 0.545. The summed E-state index contributed by atoms with van der Waals surface area (Å²) in [5.74, 6) is 0.572. The van der Waals surface area contributed by atoms with Crippen LogP contribution in [-0.2, 0) is 4.74 Å². The number of methoxy groups -OCH3 is 1. The number of anilines is 1. The normalized spacial score (nSPS) is 12.7. The van der Waals surface area contributed by atoms with Crippen LogP contribution in [-0.4, -0.2) is 25.2 Å². The second-order valence-electron chi connectivity index (χ2n) is 3.44. The van der Waals surface area contributed by atoms with Crippen molar-refractivity contribution in [3.8, 4) is 0 Å². The molecule has 0 bridgehead atoms. The molecule has 4 nitrogen and oxygen atoms in total. The molecule has 4 heteroatoms. The first kappa shape index (κ1) is 11.9.